The van der Waals surface area contributed by atoms with E-state index in [4.69, 9.17) is 16.3 Å². The summed E-state index contributed by atoms with van der Waals surface area (Å²) >= 11 is 5.95. The number of ether oxygens (including phenoxy) is 1. The van der Waals surface area contributed by atoms with E-state index >= 15 is 0 Å². The zero-order valence-electron chi connectivity index (χ0n) is 8.85. The Hall–Kier alpha value is -1.61. The zero-order chi connectivity index (χ0) is 11.4. The van der Waals surface area contributed by atoms with Gasteiger partial charge in [0.25, 0.3) is 0 Å². The number of hydrogen-bond acceptors (Lipinski definition) is 3. The molecular formula is C12H11ClN2O. The van der Waals surface area contributed by atoms with Gasteiger partial charge in [-0.2, -0.15) is 0 Å². The van der Waals surface area contributed by atoms with Crippen molar-refractivity contribution in [1.29, 1.82) is 0 Å². The number of allylic oxidation sites excluding steroid dienone is 1. The van der Waals surface area contributed by atoms with E-state index in [0.29, 0.717) is 17.6 Å². The number of hydrogen-bond donors (Lipinski definition) is 0. The summed E-state index contributed by atoms with van der Waals surface area (Å²) in [6.07, 6.45) is 1.74. The van der Waals surface area contributed by atoms with Crippen LogP contribution in [0.25, 0.3) is 0 Å². The molecule has 4 heteroatoms. The van der Waals surface area contributed by atoms with E-state index in [1.165, 1.54) is 0 Å². The van der Waals surface area contributed by atoms with Gasteiger partial charge in [0.15, 0.2) is 0 Å². The molecule has 0 saturated carbocycles. The van der Waals surface area contributed by atoms with Crippen LogP contribution in [0, 0.1) is 0 Å². The summed E-state index contributed by atoms with van der Waals surface area (Å²) < 4.78 is 5.04. The molecule has 1 heterocycles. The summed E-state index contributed by atoms with van der Waals surface area (Å²) in [5.74, 6) is 0.521. The number of methoxy groups -OCH3 is 1. The van der Waals surface area contributed by atoms with Crippen LogP contribution in [0.5, 0.6) is 0 Å². The molecule has 0 fully saturated rings. The summed E-state index contributed by atoms with van der Waals surface area (Å²) in [6, 6.07) is 9.85. The lowest BCUT2D eigenvalue weighted by molar-refractivity contribution is 0.396. The van der Waals surface area contributed by atoms with Crippen LogP contribution < -0.4 is 0 Å². The summed E-state index contributed by atoms with van der Waals surface area (Å²) in [5.41, 5.74) is 1.84. The maximum Gasteiger partial charge on any atom is 0.211 e. The van der Waals surface area contributed by atoms with Crippen molar-refractivity contribution in [3.8, 4) is 0 Å². The van der Waals surface area contributed by atoms with Crippen LogP contribution in [-0.2, 0) is 4.74 Å². The van der Waals surface area contributed by atoms with E-state index in [-0.39, 0.29) is 0 Å². The van der Waals surface area contributed by atoms with E-state index in [1.807, 2.05) is 30.3 Å². The van der Waals surface area contributed by atoms with Crippen molar-refractivity contribution in [2.24, 2.45) is 9.98 Å². The molecule has 1 aromatic carbocycles. The minimum atomic E-state index is 0.386. The molecule has 82 valence electrons. The molecule has 1 aliphatic rings. The fourth-order valence-corrected chi connectivity index (χ4v) is 1.59. The van der Waals surface area contributed by atoms with Gasteiger partial charge in [0, 0.05) is 6.08 Å². The third-order valence-electron chi connectivity index (χ3n) is 2.18. The standard InChI is InChI=1S/C12H11ClN2O/c1-16-12-8-14-10(7-11(13)15-12)9-5-3-2-4-6-9/h2-7H,8H2,1H3. The van der Waals surface area contributed by atoms with Crippen molar-refractivity contribution in [2.75, 3.05) is 13.7 Å². The Morgan fingerprint density at radius 3 is 2.69 bits per heavy atom. The van der Waals surface area contributed by atoms with Gasteiger partial charge in [-0.1, -0.05) is 41.9 Å². The second-order valence-corrected chi connectivity index (χ2v) is 3.63. The van der Waals surface area contributed by atoms with Crippen LogP contribution in [0.15, 0.2) is 51.5 Å². The molecule has 2 rings (SSSR count). The number of nitrogens with zero attached hydrogens (tertiary/aromatic N) is 2. The monoisotopic (exact) mass is 234 g/mol. The number of rotatable bonds is 1. The van der Waals surface area contributed by atoms with Gasteiger partial charge in [-0.05, 0) is 5.56 Å². The molecule has 0 bridgehead atoms. The van der Waals surface area contributed by atoms with Gasteiger partial charge in [0.2, 0.25) is 5.90 Å². The van der Waals surface area contributed by atoms with Gasteiger partial charge in [0.05, 0.1) is 12.8 Å². The molecule has 0 atom stereocenters. The number of aliphatic imine (C=N–C) groups is 2. The van der Waals surface area contributed by atoms with Gasteiger partial charge in [-0.15, -0.1) is 0 Å². The van der Waals surface area contributed by atoms with Crippen molar-refractivity contribution in [3.63, 3.8) is 0 Å². The van der Waals surface area contributed by atoms with Crippen molar-refractivity contribution < 1.29 is 4.74 Å². The van der Waals surface area contributed by atoms with E-state index < -0.39 is 0 Å². The minimum absolute atomic E-state index is 0.386. The fourth-order valence-electron chi connectivity index (χ4n) is 1.39. The highest BCUT2D eigenvalue weighted by Crippen LogP contribution is 2.12. The second kappa shape index (κ2) is 4.94. The summed E-state index contributed by atoms with van der Waals surface area (Å²) in [5, 5.41) is 0.386. The Balaban J connectivity index is 2.33. The van der Waals surface area contributed by atoms with E-state index in [9.17, 15) is 0 Å². The molecule has 16 heavy (non-hydrogen) atoms. The average Bonchev–Trinajstić information content (AvgIpc) is 2.52. The van der Waals surface area contributed by atoms with Crippen molar-refractivity contribution >= 4 is 23.2 Å². The smallest absolute Gasteiger partial charge is 0.211 e. The quantitative estimate of drug-likeness (QED) is 0.688. The molecule has 3 nitrogen and oxygen atoms in total. The summed E-state index contributed by atoms with van der Waals surface area (Å²) in [7, 11) is 1.56. The maximum atomic E-state index is 5.95. The number of halogens is 1. The lowest BCUT2D eigenvalue weighted by Gasteiger charge is -2.00. The first-order chi connectivity index (χ1) is 7.79. The predicted molar refractivity (Wildman–Crippen MR) is 66.2 cm³/mol. The minimum Gasteiger partial charge on any atom is -0.483 e. The molecule has 0 spiro atoms. The van der Waals surface area contributed by atoms with Crippen LogP contribution in [0.4, 0.5) is 0 Å². The number of benzene rings is 1. The lowest BCUT2D eigenvalue weighted by Crippen LogP contribution is -2.06. The topological polar surface area (TPSA) is 34.0 Å². The average molecular weight is 235 g/mol. The molecule has 0 radical (unpaired) electrons. The van der Waals surface area contributed by atoms with Crippen LogP contribution in [0.3, 0.4) is 0 Å². The van der Waals surface area contributed by atoms with Crippen LogP contribution in [0.1, 0.15) is 5.56 Å². The van der Waals surface area contributed by atoms with Crippen molar-refractivity contribution in [2.45, 2.75) is 0 Å². The van der Waals surface area contributed by atoms with Crippen LogP contribution in [0.2, 0.25) is 0 Å². The molecule has 0 unspecified atom stereocenters. The van der Waals surface area contributed by atoms with Crippen LogP contribution in [-0.4, -0.2) is 25.3 Å². The highest BCUT2D eigenvalue weighted by molar-refractivity contribution is 6.32. The van der Waals surface area contributed by atoms with Gasteiger partial charge in [-0.25, -0.2) is 4.99 Å². The molecule has 0 aliphatic carbocycles. The molecule has 0 amide bonds. The zero-order valence-corrected chi connectivity index (χ0v) is 9.61. The van der Waals surface area contributed by atoms with Crippen molar-refractivity contribution in [3.05, 3.63) is 47.1 Å². The predicted octanol–water partition coefficient (Wildman–Crippen LogP) is 2.61. The lowest BCUT2D eigenvalue weighted by atomic mass is 10.1. The normalized spacial score (nSPS) is 15.8. The van der Waals surface area contributed by atoms with Gasteiger partial charge in [0.1, 0.15) is 11.7 Å². The van der Waals surface area contributed by atoms with Crippen molar-refractivity contribution in [1.82, 2.24) is 0 Å². The Kier molecular flexibility index (Phi) is 3.37. The van der Waals surface area contributed by atoms with Crippen LogP contribution >= 0.6 is 11.6 Å². The van der Waals surface area contributed by atoms with Gasteiger partial charge in [-0.3, -0.25) is 4.99 Å². The molecule has 0 aromatic heterocycles. The second-order valence-electron chi connectivity index (χ2n) is 3.24. The highest BCUT2D eigenvalue weighted by Gasteiger charge is 2.08. The molecule has 0 saturated heterocycles. The molecule has 1 aromatic rings. The molecule has 1 aliphatic heterocycles. The molecule has 0 N–H and O–H groups in total. The Morgan fingerprint density at radius 1 is 1.25 bits per heavy atom. The SMILES string of the molecule is COC1=NC(Cl)=CC(c2ccccc2)=NC1. The Morgan fingerprint density at radius 2 is 2.00 bits per heavy atom. The van der Waals surface area contributed by atoms with Gasteiger partial charge >= 0.3 is 0 Å². The first-order valence-corrected chi connectivity index (χ1v) is 5.26. The fraction of sp³-hybridized carbons (Fsp3) is 0.167. The first-order valence-electron chi connectivity index (χ1n) is 4.88. The third-order valence-corrected chi connectivity index (χ3v) is 2.37. The largest absolute Gasteiger partial charge is 0.483 e. The Bertz CT molecular complexity index is 463. The van der Waals surface area contributed by atoms with E-state index in [0.717, 1.165) is 11.3 Å². The third kappa shape index (κ3) is 2.49. The summed E-state index contributed by atoms with van der Waals surface area (Å²) in [4.78, 5) is 8.47. The highest BCUT2D eigenvalue weighted by atomic mass is 35.5. The Labute approximate surface area is 99.1 Å². The first kappa shape index (κ1) is 10.9. The molecular weight excluding hydrogens is 224 g/mol. The maximum absolute atomic E-state index is 5.95. The van der Waals surface area contributed by atoms with Gasteiger partial charge < -0.3 is 4.74 Å². The van der Waals surface area contributed by atoms with E-state index in [1.54, 1.807) is 13.2 Å². The van der Waals surface area contributed by atoms with E-state index in [2.05, 4.69) is 9.98 Å². The summed E-state index contributed by atoms with van der Waals surface area (Å²) in [6.45, 7) is 0.410.